The summed E-state index contributed by atoms with van der Waals surface area (Å²) in [5.74, 6) is 0.285. The number of hydrogen-bond donors (Lipinski definition) is 2. The van der Waals surface area contributed by atoms with Crippen LogP contribution in [-0.2, 0) is 0 Å². The van der Waals surface area contributed by atoms with Gasteiger partial charge >= 0.3 is 0 Å². The zero-order valence-corrected chi connectivity index (χ0v) is 8.35. The molecule has 2 nitrogen and oxygen atoms in total. The highest BCUT2D eigenvalue weighted by molar-refractivity contribution is 5.64. The van der Waals surface area contributed by atoms with Crippen LogP contribution in [0, 0.1) is 0 Å². The second-order valence-corrected chi connectivity index (χ2v) is 3.48. The van der Waals surface area contributed by atoms with Crippen molar-refractivity contribution < 1.29 is 5.11 Å². The third-order valence-electron chi connectivity index (χ3n) is 2.39. The maximum atomic E-state index is 9.60. The highest BCUT2D eigenvalue weighted by Gasteiger charge is 2.04. The van der Waals surface area contributed by atoms with E-state index in [0.717, 1.165) is 23.3 Å². The number of benzene rings is 1. The van der Waals surface area contributed by atoms with Gasteiger partial charge in [-0.3, -0.25) is 0 Å². The van der Waals surface area contributed by atoms with E-state index in [2.05, 4.69) is 0 Å². The first kappa shape index (κ1) is 9.59. The van der Waals surface area contributed by atoms with E-state index in [-0.39, 0.29) is 5.75 Å². The van der Waals surface area contributed by atoms with Gasteiger partial charge in [-0.25, -0.2) is 0 Å². The van der Waals surface area contributed by atoms with Crippen LogP contribution in [0.5, 0.6) is 5.75 Å². The van der Waals surface area contributed by atoms with E-state index in [1.54, 1.807) is 12.1 Å². The number of rotatable bonds is 1. The van der Waals surface area contributed by atoms with Crippen molar-refractivity contribution in [2.24, 2.45) is 5.73 Å². The second kappa shape index (κ2) is 4.05. The number of nitrogens with two attached hydrogens (primary N) is 1. The van der Waals surface area contributed by atoms with Gasteiger partial charge in [0.25, 0.3) is 0 Å². The van der Waals surface area contributed by atoms with Crippen molar-refractivity contribution in [3.05, 3.63) is 59.3 Å². The number of aromatic hydroxyl groups is 1. The van der Waals surface area contributed by atoms with Gasteiger partial charge in [0.2, 0.25) is 0 Å². The van der Waals surface area contributed by atoms with Crippen LogP contribution in [0.2, 0.25) is 0 Å². The predicted molar refractivity (Wildman–Crippen MR) is 62.1 cm³/mol. The summed E-state index contributed by atoms with van der Waals surface area (Å²) in [7, 11) is 0. The molecule has 0 saturated carbocycles. The van der Waals surface area contributed by atoms with Crippen molar-refractivity contribution in [2.45, 2.75) is 6.42 Å². The Hall–Kier alpha value is -1.96. The van der Waals surface area contributed by atoms with Crippen molar-refractivity contribution >= 4 is 6.08 Å². The van der Waals surface area contributed by atoms with Gasteiger partial charge in [-0.1, -0.05) is 30.4 Å². The van der Waals surface area contributed by atoms with Gasteiger partial charge in [0.05, 0.1) is 0 Å². The van der Waals surface area contributed by atoms with Gasteiger partial charge in [0.15, 0.2) is 0 Å². The summed E-state index contributed by atoms with van der Waals surface area (Å²) < 4.78 is 0. The van der Waals surface area contributed by atoms with Crippen molar-refractivity contribution in [1.29, 1.82) is 0 Å². The van der Waals surface area contributed by atoms with Gasteiger partial charge in [-0.2, -0.15) is 0 Å². The summed E-state index contributed by atoms with van der Waals surface area (Å²) in [4.78, 5) is 0. The molecule has 1 aliphatic carbocycles. The summed E-state index contributed by atoms with van der Waals surface area (Å²) in [6.07, 6.45) is 8.59. The minimum absolute atomic E-state index is 0.285. The lowest BCUT2D eigenvalue weighted by atomic mass is 10.0. The molecule has 0 atom stereocenters. The Bertz CT molecular complexity index is 455. The summed E-state index contributed by atoms with van der Waals surface area (Å²) >= 11 is 0. The standard InChI is InChI=1S/C13H13NO/c14-12-7-3-1-5-10(12)9-11-6-2-4-8-13(11)15/h1-4,6-9,15H,5,14H2. The first-order valence-corrected chi connectivity index (χ1v) is 4.88. The first-order valence-electron chi connectivity index (χ1n) is 4.88. The second-order valence-electron chi connectivity index (χ2n) is 3.48. The number of hydrogen-bond acceptors (Lipinski definition) is 2. The number of allylic oxidation sites excluding steroid dienone is 4. The van der Waals surface area contributed by atoms with E-state index in [1.807, 2.05) is 36.4 Å². The fraction of sp³-hybridized carbons (Fsp3) is 0.0769. The molecule has 0 unspecified atom stereocenters. The maximum Gasteiger partial charge on any atom is 0.122 e. The normalized spacial score (nSPS) is 17.9. The molecule has 2 rings (SSSR count). The van der Waals surface area contributed by atoms with E-state index < -0.39 is 0 Å². The smallest absolute Gasteiger partial charge is 0.122 e. The molecule has 1 aromatic rings. The highest BCUT2D eigenvalue weighted by atomic mass is 16.3. The Morgan fingerprint density at radius 2 is 2.07 bits per heavy atom. The molecule has 15 heavy (non-hydrogen) atoms. The molecule has 0 bridgehead atoms. The SMILES string of the molecule is NC1=CC=CCC1=Cc1ccccc1O. The summed E-state index contributed by atoms with van der Waals surface area (Å²) in [6, 6.07) is 7.24. The van der Waals surface area contributed by atoms with Crippen LogP contribution in [0.15, 0.2) is 53.8 Å². The molecular weight excluding hydrogens is 186 g/mol. The fourth-order valence-corrected chi connectivity index (χ4v) is 1.53. The van der Waals surface area contributed by atoms with Crippen molar-refractivity contribution in [1.82, 2.24) is 0 Å². The molecule has 0 spiro atoms. The minimum Gasteiger partial charge on any atom is -0.507 e. The van der Waals surface area contributed by atoms with Crippen LogP contribution in [0.1, 0.15) is 12.0 Å². The molecule has 0 radical (unpaired) electrons. The zero-order chi connectivity index (χ0) is 10.7. The lowest BCUT2D eigenvalue weighted by Crippen LogP contribution is -2.02. The molecule has 0 aromatic heterocycles. The Balaban J connectivity index is 2.35. The Morgan fingerprint density at radius 3 is 2.80 bits per heavy atom. The number of para-hydroxylation sites is 1. The Labute approximate surface area is 89.0 Å². The van der Waals surface area contributed by atoms with Crippen molar-refractivity contribution in [3.63, 3.8) is 0 Å². The predicted octanol–water partition coefficient (Wildman–Crippen LogP) is 2.58. The summed E-state index contributed by atoms with van der Waals surface area (Å²) in [5.41, 5.74) is 8.45. The average Bonchev–Trinajstić information content (AvgIpc) is 2.24. The molecule has 3 N–H and O–H groups in total. The molecule has 0 fully saturated rings. The average molecular weight is 199 g/mol. The van der Waals surface area contributed by atoms with Crippen molar-refractivity contribution in [3.8, 4) is 5.75 Å². The quantitative estimate of drug-likeness (QED) is 0.730. The molecule has 0 saturated heterocycles. The lowest BCUT2D eigenvalue weighted by molar-refractivity contribution is 0.474. The molecule has 2 heteroatoms. The Morgan fingerprint density at radius 1 is 1.27 bits per heavy atom. The zero-order valence-electron chi connectivity index (χ0n) is 8.35. The van der Waals surface area contributed by atoms with Crippen LogP contribution in [0.3, 0.4) is 0 Å². The summed E-state index contributed by atoms with van der Waals surface area (Å²) in [6.45, 7) is 0. The van der Waals surface area contributed by atoms with Gasteiger partial charge in [0, 0.05) is 11.3 Å². The third-order valence-corrected chi connectivity index (χ3v) is 2.39. The first-order chi connectivity index (χ1) is 7.27. The fourth-order valence-electron chi connectivity index (χ4n) is 1.53. The van der Waals surface area contributed by atoms with Gasteiger partial charge in [0.1, 0.15) is 5.75 Å². The molecular formula is C13H13NO. The van der Waals surface area contributed by atoms with Crippen LogP contribution in [0.4, 0.5) is 0 Å². The van der Waals surface area contributed by atoms with E-state index in [0.29, 0.717) is 0 Å². The van der Waals surface area contributed by atoms with Crippen LogP contribution in [0.25, 0.3) is 6.08 Å². The number of phenols is 1. The number of phenolic OH excluding ortho intramolecular Hbond substituents is 1. The Kier molecular flexibility index (Phi) is 2.59. The van der Waals surface area contributed by atoms with Gasteiger partial charge in [-0.15, -0.1) is 0 Å². The molecule has 0 aliphatic heterocycles. The van der Waals surface area contributed by atoms with Gasteiger partial charge < -0.3 is 10.8 Å². The summed E-state index contributed by atoms with van der Waals surface area (Å²) in [5, 5.41) is 9.60. The van der Waals surface area contributed by atoms with Crippen molar-refractivity contribution in [2.75, 3.05) is 0 Å². The van der Waals surface area contributed by atoms with Gasteiger partial charge in [-0.05, 0) is 30.2 Å². The highest BCUT2D eigenvalue weighted by Crippen LogP contribution is 2.23. The maximum absolute atomic E-state index is 9.60. The van der Waals surface area contributed by atoms with Crippen LogP contribution in [-0.4, -0.2) is 5.11 Å². The van der Waals surface area contributed by atoms with Crippen LogP contribution >= 0.6 is 0 Å². The molecule has 1 aromatic carbocycles. The topological polar surface area (TPSA) is 46.2 Å². The molecule has 76 valence electrons. The van der Waals surface area contributed by atoms with Crippen LogP contribution < -0.4 is 5.73 Å². The monoisotopic (exact) mass is 199 g/mol. The largest absolute Gasteiger partial charge is 0.507 e. The van der Waals surface area contributed by atoms with E-state index in [4.69, 9.17) is 5.73 Å². The van der Waals surface area contributed by atoms with E-state index in [9.17, 15) is 5.11 Å². The van der Waals surface area contributed by atoms with E-state index >= 15 is 0 Å². The lowest BCUT2D eigenvalue weighted by Gasteiger charge is -2.09. The molecule has 0 heterocycles. The molecule has 1 aliphatic rings. The third kappa shape index (κ3) is 2.10. The minimum atomic E-state index is 0.285. The van der Waals surface area contributed by atoms with E-state index in [1.165, 1.54) is 0 Å². The molecule has 0 amide bonds.